The quantitative estimate of drug-likeness (QED) is 0.719. The van der Waals surface area contributed by atoms with Crippen LogP contribution in [0.25, 0.3) is 0 Å². The smallest absolute Gasteiger partial charge is 0.320 e. The first-order valence-electron chi connectivity index (χ1n) is 7.14. The first-order chi connectivity index (χ1) is 8.15. The number of unbranched alkanes of at least 4 members (excludes halogenated alkanes) is 1. The summed E-state index contributed by atoms with van der Waals surface area (Å²) in [6.07, 6.45) is 9.28. The molecule has 17 heavy (non-hydrogen) atoms. The second-order valence-electron chi connectivity index (χ2n) is 5.39. The van der Waals surface area contributed by atoms with Gasteiger partial charge in [-0.25, -0.2) is 0 Å². The van der Waals surface area contributed by atoms with Crippen LogP contribution < -0.4 is 5.32 Å². The molecule has 2 N–H and O–H groups in total. The van der Waals surface area contributed by atoms with Gasteiger partial charge in [-0.2, -0.15) is 0 Å². The lowest BCUT2D eigenvalue weighted by atomic mass is 9.84. The summed E-state index contributed by atoms with van der Waals surface area (Å²) in [5, 5.41) is 12.5. The number of rotatable bonds is 7. The van der Waals surface area contributed by atoms with Crippen molar-refractivity contribution >= 4 is 5.97 Å². The van der Waals surface area contributed by atoms with Crippen molar-refractivity contribution in [1.82, 2.24) is 5.32 Å². The van der Waals surface area contributed by atoms with E-state index in [-0.39, 0.29) is 6.04 Å². The Morgan fingerprint density at radius 1 is 1.35 bits per heavy atom. The predicted molar refractivity (Wildman–Crippen MR) is 70.1 cm³/mol. The Labute approximate surface area is 105 Å². The minimum Gasteiger partial charge on any atom is -0.480 e. The number of hydrogen-bond donors (Lipinski definition) is 2. The molecule has 0 aromatic carbocycles. The monoisotopic (exact) mass is 241 g/mol. The summed E-state index contributed by atoms with van der Waals surface area (Å²) >= 11 is 0. The molecule has 1 fully saturated rings. The van der Waals surface area contributed by atoms with Crippen LogP contribution in [0.2, 0.25) is 0 Å². The summed E-state index contributed by atoms with van der Waals surface area (Å²) in [5.41, 5.74) is 0. The zero-order chi connectivity index (χ0) is 12.7. The summed E-state index contributed by atoms with van der Waals surface area (Å²) in [6, 6.07) is -0.0138. The molecule has 0 heterocycles. The van der Waals surface area contributed by atoms with Gasteiger partial charge in [-0.1, -0.05) is 39.0 Å². The SMILES string of the molecule is CCCCC(NC(C)C1CCCCC1)C(=O)O. The van der Waals surface area contributed by atoms with E-state index in [4.69, 9.17) is 0 Å². The van der Waals surface area contributed by atoms with E-state index in [0.29, 0.717) is 12.0 Å². The third kappa shape index (κ3) is 5.07. The Hall–Kier alpha value is -0.570. The van der Waals surface area contributed by atoms with Gasteiger partial charge in [-0.15, -0.1) is 0 Å². The topological polar surface area (TPSA) is 49.3 Å². The summed E-state index contributed by atoms with van der Waals surface area (Å²) in [6.45, 7) is 4.25. The molecule has 1 aliphatic rings. The summed E-state index contributed by atoms with van der Waals surface area (Å²) in [4.78, 5) is 11.2. The molecule has 2 atom stereocenters. The molecule has 0 aromatic heterocycles. The van der Waals surface area contributed by atoms with Crippen LogP contribution in [-0.4, -0.2) is 23.2 Å². The van der Waals surface area contributed by atoms with Crippen molar-refractivity contribution in [3.63, 3.8) is 0 Å². The second-order valence-corrected chi connectivity index (χ2v) is 5.39. The third-order valence-corrected chi connectivity index (χ3v) is 3.97. The lowest BCUT2D eigenvalue weighted by molar-refractivity contribution is -0.140. The second kappa shape index (κ2) is 7.70. The maximum absolute atomic E-state index is 11.2. The highest BCUT2D eigenvalue weighted by molar-refractivity contribution is 5.73. The van der Waals surface area contributed by atoms with Crippen LogP contribution in [0.3, 0.4) is 0 Å². The Kier molecular flexibility index (Phi) is 6.56. The van der Waals surface area contributed by atoms with Crippen molar-refractivity contribution in [2.24, 2.45) is 5.92 Å². The molecular formula is C14H27NO2. The summed E-state index contributed by atoms with van der Waals surface area (Å²) in [7, 11) is 0. The number of aliphatic carboxylic acids is 1. The van der Waals surface area contributed by atoms with Crippen molar-refractivity contribution in [1.29, 1.82) is 0 Å². The van der Waals surface area contributed by atoms with Crippen molar-refractivity contribution in [3.05, 3.63) is 0 Å². The predicted octanol–water partition coefficient (Wildman–Crippen LogP) is 3.19. The van der Waals surface area contributed by atoms with Gasteiger partial charge in [-0.05, 0) is 32.1 Å². The first-order valence-corrected chi connectivity index (χ1v) is 7.14. The van der Waals surface area contributed by atoms with E-state index in [2.05, 4.69) is 19.2 Å². The van der Waals surface area contributed by atoms with E-state index >= 15 is 0 Å². The molecule has 0 radical (unpaired) electrons. The molecule has 0 aromatic rings. The van der Waals surface area contributed by atoms with E-state index in [1.165, 1.54) is 32.1 Å². The van der Waals surface area contributed by atoms with Crippen LogP contribution in [0.5, 0.6) is 0 Å². The van der Waals surface area contributed by atoms with Crippen molar-refractivity contribution in [2.45, 2.75) is 77.3 Å². The van der Waals surface area contributed by atoms with Gasteiger partial charge in [0.1, 0.15) is 6.04 Å². The van der Waals surface area contributed by atoms with Crippen LogP contribution in [0.15, 0.2) is 0 Å². The lowest BCUT2D eigenvalue weighted by Crippen LogP contribution is -2.45. The number of hydrogen-bond acceptors (Lipinski definition) is 2. The van der Waals surface area contributed by atoms with E-state index in [0.717, 1.165) is 19.3 Å². The van der Waals surface area contributed by atoms with Crippen LogP contribution in [0.4, 0.5) is 0 Å². The highest BCUT2D eigenvalue weighted by atomic mass is 16.4. The number of carboxylic acid groups (broad SMARTS) is 1. The van der Waals surface area contributed by atoms with Gasteiger partial charge in [0.25, 0.3) is 0 Å². The molecule has 3 heteroatoms. The third-order valence-electron chi connectivity index (χ3n) is 3.97. The molecule has 0 amide bonds. The van der Waals surface area contributed by atoms with Crippen LogP contribution >= 0.6 is 0 Å². The number of carbonyl (C=O) groups is 1. The molecule has 1 saturated carbocycles. The fraction of sp³-hybridized carbons (Fsp3) is 0.929. The Morgan fingerprint density at radius 3 is 2.53 bits per heavy atom. The normalized spacial score (nSPS) is 21.1. The van der Waals surface area contributed by atoms with Gasteiger partial charge in [0, 0.05) is 6.04 Å². The molecule has 0 aliphatic heterocycles. The standard InChI is InChI=1S/C14H27NO2/c1-3-4-10-13(14(16)17)15-11(2)12-8-6-5-7-9-12/h11-13,15H,3-10H2,1-2H3,(H,16,17). The molecule has 100 valence electrons. The van der Waals surface area contributed by atoms with Gasteiger partial charge in [-0.3, -0.25) is 4.79 Å². The van der Waals surface area contributed by atoms with E-state index < -0.39 is 5.97 Å². The van der Waals surface area contributed by atoms with Gasteiger partial charge in [0.15, 0.2) is 0 Å². The van der Waals surface area contributed by atoms with Crippen LogP contribution in [-0.2, 0) is 4.79 Å². The van der Waals surface area contributed by atoms with E-state index in [9.17, 15) is 9.90 Å². The highest BCUT2D eigenvalue weighted by Gasteiger charge is 2.25. The minimum atomic E-state index is -0.693. The van der Waals surface area contributed by atoms with Crippen LogP contribution in [0, 0.1) is 5.92 Å². The van der Waals surface area contributed by atoms with Crippen molar-refractivity contribution in [2.75, 3.05) is 0 Å². The average Bonchev–Trinajstić information content (AvgIpc) is 2.35. The molecule has 0 spiro atoms. The maximum Gasteiger partial charge on any atom is 0.320 e. The molecule has 0 saturated heterocycles. The largest absolute Gasteiger partial charge is 0.480 e. The average molecular weight is 241 g/mol. The fourth-order valence-electron chi connectivity index (χ4n) is 2.77. The Balaban J connectivity index is 2.38. The van der Waals surface area contributed by atoms with Crippen molar-refractivity contribution in [3.8, 4) is 0 Å². The molecule has 1 aliphatic carbocycles. The molecular weight excluding hydrogens is 214 g/mol. The molecule has 2 unspecified atom stereocenters. The minimum absolute atomic E-state index is 0.341. The molecule has 1 rings (SSSR count). The van der Waals surface area contributed by atoms with E-state index in [1.807, 2.05) is 0 Å². The molecule has 3 nitrogen and oxygen atoms in total. The summed E-state index contributed by atoms with van der Waals surface area (Å²) in [5.74, 6) is -0.0201. The summed E-state index contributed by atoms with van der Waals surface area (Å²) < 4.78 is 0. The number of nitrogens with one attached hydrogen (secondary N) is 1. The number of carboxylic acids is 1. The molecule has 0 bridgehead atoms. The van der Waals surface area contributed by atoms with Gasteiger partial charge in [0.05, 0.1) is 0 Å². The Morgan fingerprint density at radius 2 is 2.00 bits per heavy atom. The maximum atomic E-state index is 11.2. The fourth-order valence-corrected chi connectivity index (χ4v) is 2.77. The zero-order valence-corrected chi connectivity index (χ0v) is 11.2. The highest BCUT2D eigenvalue weighted by Crippen LogP contribution is 2.26. The lowest BCUT2D eigenvalue weighted by Gasteiger charge is -2.30. The van der Waals surface area contributed by atoms with Crippen LogP contribution in [0.1, 0.15) is 65.2 Å². The van der Waals surface area contributed by atoms with Crippen molar-refractivity contribution < 1.29 is 9.90 Å². The van der Waals surface area contributed by atoms with Gasteiger partial charge < -0.3 is 10.4 Å². The van der Waals surface area contributed by atoms with Gasteiger partial charge in [0.2, 0.25) is 0 Å². The Bertz CT molecular complexity index is 224. The zero-order valence-electron chi connectivity index (χ0n) is 11.2. The first kappa shape index (κ1) is 14.5. The van der Waals surface area contributed by atoms with Gasteiger partial charge >= 0.3 is 5.97 Å². The van der Waals surface area contributed by atoms with E-state index in [1.54, 1.807) is 0 Å².